The third-order valence-electron chi connectivity index (χ3n) is 4.18. The minimum Gasteiger partial charge on any atom is -0.336 e. The molecule has 1 atom stereocenters. The summed E-state index contributed by atoms with van der Waals surface area (Å²) in [5, 5.41) is 6.77. The topological polar surface area (TPSA) is 52.2 Å². The molecule has 1 aromatic heterocycles. The number of nitrogens with zero attached hydrogens (tertiary/aromatic N) is 3. The molecule has 0 saturated carbocycles. The number of fused-ring (bicyclic) bond motifs is 1. The summed E-state index contributed by atoms with van der Waals surface area (Å²) >= 11 is 0. The van der Waals surface area contributed by atoms with Crippen molar-refractivity contribution in [3.05, 3.63) is 17.5 Å². The number of aromatic amines is 1. The molecule has 5 nitrogen and oxygen atoms in total. The van der Waals surface area contributed by atoms with Gasteiger partial charge in [-0.3, -0.25) is 14.8 Å². The van der Waals surface area contributed by atoms with Crippen LogP contribution in [0.5, 0.6) is 0 Å². The molecule has 1 amide bonds. The number of carbonyl (C=O) groups excluding carboxylic acids is 1. The molecule has 18 heavy (non-hydrogen) atoms. The molecule has 0 aliphatic carbocycles. The Morgan fingerprint density at radius 1 is 1.39 bits per heavy atom. The Balaban J connectivity index is 1.70. The Labute approximate surface area is 107 Å². The maximum absolute atomic E-state index is 12.4. The van der Waals surface area contributed by atoms with E-state index in [0.717, 1.165) is 30.9 Å². The van der Waals surface area contributed by atoms with Crippen LogP contribution >= 0.6 is 0 Å². The number of H-pyrrole nitrogens is 1. The predicted molar refractivity (Wildman–Crippen MR) is 68.4 cm³/mol. The van der Waals surface area contributed by atoms with Crippen LogP contribution in [0.4, 0.5) is 0 Å². The molecule has 1 aromatic rings. The highest BCUT2D eigenvalue weighted by Gasteiger charge is 2.31. The molecule has 2 aliphatic rings. The molecule has 0 radical (unpaired) electrons. The number of amides is 1. The van der Waals surface area contributed by atoms with Gasteiger partial charge in [-0.15, -0.1) is 0 Å². The molecule has 2 fully saturated rings. The van der Waals surface area contributed by atoms with Crippen molar-refractivity contribution >= 4 is 5.91 Å². The number of carbonyl (C=O) groups is 1. The summed E-state index contributed by atoms with van der Waals surface area (Å²) in [7, 11) is 0. The van der Waals surface area contributed by atoms with Gasteiger partial charge in [0.15, 0.2) is 0 Å². The zero-order valence-electron chi connectivity index (χ0n) is 10.9. The molecule has 0 spiro atoms. The first-order valence-electron chi connectivity index (χ1n) is 6.79. The van der Waals surface area contributed by atoms with Crippen molar-refractivity contribution in [2.75, 3.05) is 26.2 Å². The van der Waals surface area contributed by atoms with Crippen molar-refractivity contribution in [2.24, 2.45) is 0 Å². The zero-order chi connectivity index (χ0) is 12.5. The van der Waals surface area contributed by atoms with Crippen LogP contribution in [0.15, 0.2) is 6.20 Å². The van der Waals surface area contributed by atoms with E-state index in [-0.39, 0.29) is 5.91 Å². The summed E-state index contributed by atoms with van der Waals surface area (Å²) in [5.41, 5.74) is 1.59. The van der Waals surface area contributed by atoms with Crippen molar-refractivity contribution in [3.63, 3.8) is 0 Å². The number of hydrogen-bond donors (Lipinski definition) is 1. The smallest absolute Gasteiger partial charge is 0.257 e. The van der Waals surface area contributed by atoms with Crippen LogP contribution < -0.4 is 0 Å². The first-order valence-corrected chi connectivity index (χ1v) is 6.79. The monoisotopic (exact) mass is 248 g/mol. The van der Waals surface area contributed by atoms with Gasteiger partial charge in [-0.1, -0.05) is 6.42 Å². The standard InChI is InChI=1S/C13H20N4O/c1-10-12(8-14-15-10)13(18)17-7-6-16-5-3-2-4-11(16)9-17/h8,11H,2-7,9H2,1H3,(H,14,15). The Kier molecular flexibility index (Phi) is 3.07. The van der Waals surface area contributed by atoms with E-state index in [9.17, 15) is 4.79 Å². The fourth-order valence-corrected chi connectivity index (χ4v) is 3.08. The first kappa shape index (κ1) is 11.7. The van der Waals surface area contributed by atoms with Gasteiger partial charge < -0.3 is 4.90 Å². The van der Waals surface area contributed by atoms with Gasteiger partial charge in [0, 0.05) is 31.4 Å². The van der Waals surface area contributed by atoms with Crippen molar-refractivity contribution in [1.29, 1.82) is 0 Å². The molecule has 98 valence electrons. The largest absolute Gasteiger partial charge is 0.336 e. The van der Waals surface area contributed by atoms with Gasteiger partial charge in [0.25, 0.3) is 5.91 Å². The zero-order valence-corrected chi connectivity index (χ0v) is 10.9. The van der Waals surface area contributed by atoms with Crippen LogP contribution in [0.1, 0.15) is 35.3 Å². The Morgan fingerprint density at radius 3 is 3.06 bits per heavy atom. The number of nitrogens with one attached hydrogen (secondary N) is 1. The molecule has 1 unspecified atom stereocenters. The Bertz CT molecular complexity index is 442. The lowest BCUT2D eigenvalue weighted by Crippen LogP contribution is -2.56. The maximum Gasteiger partial charge on any atom is 0.257 e. The second-order valence-corrected chi connectivity index (χ2v) is 5.35. The van der Waals surface area contributed by atoms with Crippen LogP contribution in [0.2, 0.25) is 0 Å². The van der Waals surface area contributed by atoms with Gasteiger partial charge >= 0.3 is 0 Å². The summed E-state index contributed by atoms with van der Waals surface area (Å²) in [6, 6.07) is 0.573. The molecule has 3 rings (SSSR count). The number of aromatic nitrogens is 2. The van der Waals surface area contributed by atoms with Crippen molar-refractivity contribution in [3.8, 4) is 0 Å². The van der Waals surface area contributed by atoms with Gasteiger partial charge in [-0.2, -0.15) is 5.10 Å². The highest BCUT2D eigenvalue weighted by Crippen LogP contribution is 2.22. The molecule has 2 saturated heterocycles. The van der Waals surface area contributed by atoms with Gasteiger partial charge in [-0.05, 0) is 26.3 Å². The van der Waals surface area contributed by atoms with Gasteiger partial charge in [0.05, 0.1) is 11.8 Å². The van der Waals surface area contributed by atoms with Crippen LogP contribution in [0.25, 0.3) is 0 Å². The van der Waals surface area contributed by atoms with E-state index in [1.165, 1.54) is 25.8 Å². The van der Waals surface area contributed by atoms with E-state index in [2.05, 4.69) is 15.1 Å². The van der Waals surface area contributed by atoms with Crippen molar-refractivity contribution < 1.29 is 4.79 Å². The van der Waals surface area contributed by atoms with Gasteiger partial charge in [0.1, 0.15) is 0 Å². The molecule has 5 heteroatoms. The number of aryl methyl sites for hydroxylation is 1. The summed E-state index contributed by atoms with van der Waals surface area (Å²) in [5.74, 6) is 0.131. The minimum atomic E-state index is 0.131. The minimum absolute atomic E-state index is 0.131. The molecule has 1 N–H and O–H groups in total. The fourth-order valence-electron chi connectivity index (χ4n) is 3.08. The lowest BCUT2D eigenvalue weighted by molar-refractivity contribution is 0.0372. The molecule has 2 aliphatic heterocycles. The SMILES string of the molecule is Cc1[nH]ncc1C(=O)N1CCN2CCCCC2C1. The number of rotatable bonds is 1. The third kappa shape index (κ3) is 2.03. The van der Waals surface area contributed by atoms with E-state index in [0.29, 0.717) is 6.04 Å². The van der Waals surface area contributed by atoms with E-state index < -0.39 is 0 Å². The number of piperidine rings is 1. The highest BCUT2D eigenvalue weighted by molar-refractivity contribution is 5.95. The van der Waals surface area contributed by atoms with Gasteiger partial charge in [0.2, 0.25) is 0 Å². The summed E-state index contributed by atoms with van der Waals surface area (Å²) in [4.78, 5) is 16.9. The highest BCUT2D eigenvalue weighted by atomic mass is 16.2. The van der Waals surface area contributed by atoms with E-state index in [1.54, 1.807) is 6.20 Å². The fraction of sp³-hybridized carbons (Fsp3) is 0.692. The third-order valence-corrected chi connectivity index (χ3v) is 4.18. The lowest BCUT2D eigenvalue weighted by atomic mass is 9.99. The first-order chi connectivity index (χ1) is 8.75. The normalized spacial score (nSPS) is 24.9. The van der Waals surface area contributed by atoms with Gasteiger partial charge in [-0.25, -0.2) is 0 Å². The second kappa shape index (κ2) is 4.72. The molecule has 0 bridgehead atoms. The van der Waals surface area contributed by atoms with E-state index in [4.69, 9.17) is 0 Å². The molecular formula is C13H20N4O. The lowest BCUT2D eigenvalue weighted by Gasteiger charge is -2.44. The predicted octanol–water partition coefficient (Wildman–Crippen LogP) is 1.03. The summed E-state index contributed by atoms with van der Waals surface area (Å²) in [6.45, 7) is 5.85. The summed E-state index contributed by atoms with van der Waals surface area (Å²) in [6.07, 6.45) is 5.48. The second-order valence-electron chi connectivity index (χ2n) is 5.35. The van der Waals surface area contributed by atoms with Crippen LogP contribution in [-0.2, 0) is 0 Å². The van der Waals surface area contributed by atoms with E-state index >= 15 is 0 Å². The quantitative estimate of drug-likeness (QED) is 0.807. The number of hydrogen-bond acceptors (Lipinski definition) is 3. The number of piperazine rings is 1. The van der Waals surface area contributed by atoms with Crippen LogP contribution in [-0.4, -0.2) is 58.1 Å². The van der Waals surface area contributed by atoms with Crippen LogP contribution in [0, 0.1) is 6.92 Å². The molecule has 3 heterocycles. The molecule has 0 aromatic carbocycles. The average molecular weight is 248 g/mol. The van der Waals surface area contributed by atoms with E-state index in [1.807, 2.05) is 11.8 Å². The average Bonchev–Trinajstić information content (AvgIpc) is 2.83. The summed E-state index contributed by atoms with van der Waals surface area (Å²) < 4.78 is 0. The Morgan fingerprint density at radius 2 is 2.28 bits per heavy atom. The molecular weight excluding hydrogens is 228 g/mol. The Hall–Kier alpha value is -1.36. The van der Waals surface area contributed by atoms with Crippen molar-refractivity contribution in [1.82, 2.24) is 20.0 Å². The van der Waals surface area contributed by atoms with Crippen LogP contribution in [0.3, 0.4) is 0 Å². The van der Waals surface area contributed by atoms with Crippen molar-refractivity contribution in [2.45, 2.75) is 32.2 Å². The maximum atomic E-state index is 12.4.